The van der Waals surface area contributed by atoms with E-state index in [-0.39, 0.29) is 0 Å². The molecule has 3 nitrogen and oxygen atoms in total. The van der Waals surface area contributed by atoms with E-state index >= 15 is 0 Å². The number of rotatable bonds is 1. The largest absolute Gasteiger partial charge is 0.359 e. The molecule has 1 aromatic rings. The van der Waals surface area contributed by atoms with Gasteiger partial charge in [0.1, 0.15) is 0 Å². The highest BCUT2D eigenvalue weighted by molar-refractivity contribution is 5.24. The van der Waals surface area contributed by atoms with Gasteiger partial charge in [0.05, 0.1) is 12.2 Å². The monoisotopic (exact) mass is 166 g/mol. The quantitative estimate of drug-likeness (QED) is 0.641. The van der Waals surface area contributed by atoms with Crippen molar-refractivity contribution in [2.75, 3.05) is 0 Å². The molecule has 0 fully saturated rings. The predicted molar refractivity (Wildman–Crippen MR) is 45.7 cm³/mol. The van der Waals surface area contributed by atoms with Crippen molar-refractivity contribution >= 4 is 0 Å². The first-order valence-corrected chi connectivity index (χ1v) is 4.58. The van der Waals surface area contributed by atoms with Crippen molar-refractivity contribution in [3.63, 3.8) is 0 Å². The molecule has 0 spiro atoms. The molecule has 0 unspecified atom stereocenters. The van der Waals surface area contributed by atoms with Crippen molar-refractivity contribution in [2.24, 2.45) is 5.73 Å². The molecule has 2 N–H and O–H groups in total. The highest BCUT2D eigenvalue weighted by Gasteiger charge is 2.16. The van der Waals surface area contributed by atoms with Crippen LogP contribution < -0.4 is 5.73 Å². The van der Waals surface area contributed by atoms with Gasteiger partial charge in [0.25, 0.3) is 0 Å². The Hall–Kier alpha value is -0.830. The summed E-state index contributed by atoms with van der Waals surface area (Å²) < 4.78 is 5.15. The minimum absolute atomic E-state index is 0.488. The van der Waals surface area contributed by atoms with Crippen LogP contribution in [0.2, 0.25) is 0 Å². The molecule has 1 heterocycles. The van der Waals surface area contributed by atoms with Gasteiger partial charge in [-0.3, -0.25) is 0 Å². The maximum absolute atomic E-state index is 5.54. The second kappa shape index (κ2) is 3.27. The highest BCUT2D eigenvalue weighted by atomic mass is 16.5. The van der Waals surface area contributed by atoms with E-state index in [0.717, 1.165) is 24.3 Å². The van der Waals surface area contributed by atoms with E-state index in [9.17, 15) is 0 Å². The molecule has 0 bridgehead atoms. The number of aromatic nitrogens is 1. The molecule has 0 saturated heterocycles. The average molecular weight is 166 g/mol. The van der Waals surface area contributed by atoms with Gasteiger partial charge in [-0.2, -0.15) is 0 Å². The van der Waals surface area contributed by atoms with Crippen LogP contribution >= 0.6 is 0 Å². The molecule has 0 radical (unpaired) electrons. The van der Waals surface area contributed by atoms with E-state index in [1.54, 1.807) is 0 Å². The van der Waals surface area contributed by atoms with Crippen LogP contribution in [0, 0.1) is 0 Å². The standard InChI is InChI=1S/C9H14N2O/c10-6-9-7-4-2-1-3-5-8(7)11-12-9/h1-6,10H2. The van der Waals surface area contributed by atoms with Crippen molar-refractivity contribution < 1.29 is 4.52 Å². The van der Waals surface area contributed by atoms with Gasteiger partial charge in [0.2, 0.25) is 0 Å². The zero-order chi connectivity index (χ0) is 8.39. The Balaban J connectivity index is 2.32. The van der Waals surface area contributed by atoms with Crippen molar-refractivity contribution in [3.05, 3.63) is 17.0 Å². The summed E-state index contributed by atoms with van der Waals surface area (Å²) in [6.45, 7) is 0.488. The lowest BCUT2D eigenvalue weighted by Crippen LogP contribution is -1.99. The minimum atomic E-state index is 0.488. The number of fused-ring (bicyclic) bond motifs is 1. The van der Waals surface area contributed by atoms with Crippen LogP contribution in [0.25, 0.3) is 0 Å². The number of nitrogens with two attached hydrogens (primary N) is 1. The van der Waals surface area contributed by atoms with Gasteiger partial charge < -0.3 is 10.3 Å². The SMILES string of the molecule is NCc1onc2c1CCCCC2. The first-order valence-electron chi connectivity index (χ1n) is 4.58. The van der Waals surface area contributed by atoms with E-state index in [2.05, 4.69) is 5.16 Å². The molecule has 66 valence electrons. The number of nitrogens with zero attached hydrogens (tertiary/aromatic N) is 1. The lowest BCUT2D eigenvalue weighted by molar-refractivity contribution is 0.375. The van der Waals surface area contributed by atoms with Crippen molar-refractivity contribution in [2.45, 2.75) is 38.6 Å². The molecule has 3 heteroatoms. The Labute approximate surface area is 71.9 Å². The van der Waals surface area contributed by atoms with Crippen LogP contribution in [0.15, 0.2) is 4.52 Å². The molecule has 0 amide bonds. The van der Waals surface area contributed by atoms with Gasteiger partial charge >= 0.3 is 0 Å². The summed E-state index contributed by atoms with van der Waals surface area (Å²) >= 11 is 0. The van der Waals surface area contributed by atoms with E-state index in [1.807, 2.05) is 0 Å². The molecule has 2 rings (SSSR count). The Morgan fingerprint density at radius 1 is 1.25 bits per heavy atom. The fourth-order valence-corrected chi connectivity index (χ4v) is 1.79. The van der Waals surface area contributed by atoms with Gasteiger partial charge in [0.15, 0.2) is 5.76 Å². The summed E-state index contributed by atoms with van der Waals surface area (Å²) in [6.07, 6.45) is 5.97. The van der Waals surface area contributed by atoms with Gasteiger partial charge in [-0.1, -0.05) is 11.6 Å². The van der Waals surface area contributed by atoms with Crippen LogP contribution in [-0.4, -0.2) is 5.16 Å². The second-order valence-electron chi connectivity index (χ2n) is 3.30. The van der Waals surface area contributed by atoms with E-state index in [0.29, 0.717) is 6.54 Å². The Bertz CT molecular complexity index is 267. The van der Waals surface area contributed by atoms with Crippen molar-refractivity contribution in [1.29, 1.82) is 0 Å². The minimum Gasteiger partial charge on any atom is -0.359 e. The second-order valence-corrected chi connectivity index (χ2v) is 3.30. The summed E-state index contributed by atoms with van der Waals surface area (Å²) in [5, 5.41) is 4.03. The Morgan fingerprint density at radius 2 is 2.08 bits per heavy atom. The van der Waals surface area contributed by atoms with Gasteiger partial charge in [-0.25, -0.2) is 0 Å². The van der Waals surface area contributed by atoms with Crippen molar-refractivity contribution in [1.82, 2.24) is 5.16 Å². The third-order valence-corrected chi connectivity index (χ3v) is 2.48. The number of aryl methyl sites for hydroxylation is 1. The van der Waals surface area contributed by atoms with Crippen LogP contribution in [-0.2, 0) is 19.4 Å². The summed E-state index contributed by atoms with van der Waals surface area (Å²) in [7, 11) is 0. The first-order chi connectivity index (χ1) is 5.92. The van der Waals surface area contributed by atoms with Crippen LogP contribution in [0.4, 0.5) is 0 Å². The van der Waals surface area contributed by atoms with Crippen molar-refractivity contribution in [3.8, 4) is 0 Å². The summed E-state index contributed by atoms with van der Waals surface area (Å²) in [6, 6.07) is 0. The molecular formula is C9H14N2O. The maximum atomic E-state index is 5.54. The fraction of sp³-hybridized carbons (Fsp3) is 0.667. The number of hydrogen-bond donors (Lipinski definition) is 1. The first kappa shape index (κ1) is 7.80. The topological polar surface area (TPSA) is 52.0 Å². The normalized spacial score (nSPS) is 17.1. The highest BCUT2D eigenvalue weighted by Crippen LogP contribution is 2.22. The molecular weight excluding hydrogens is 152 g/mol. The third kappa shape index (κ3) is 1.25. The molecule has 0 atom stereocenters. The molecule has 12 heavy (non-hydrogen) atoms. The van der Waals surface area contributed by atoms with E-state index in [4.69, 9.17) is 10.3 Å². The summed E-state index contributed by atoms with van der Waals surface area (Å²) in [4.78, 5) is 0. The lowest BCUT2D eigenvalue weighted by atomic mass is 10.1. The van der Waals surface area contributed by atoms with Gasteiger partial charge in [-0.05, 0) is 25.7 Å². The third-order valence-electron chi connectivity index (χ3n) is 2.48. The van der Waals surface area contributed by atoms with Gasteiger partial charge in [0, 0.05) is 5.56 Å². The van der Waals surface area contributed by atoms with Gasteiger partial charge in [-0.15, -0.1) is 0 Å². The molecule has 1 aliphatic carbocycles. The van der Waals surface area contributed by atoms with Crippen LogP contribution in [0.5, 0.6) is 0 Å². The molecule has 1 aromatic heterocycles. The number of hydrogen-bond acceptors (Lipinski definition) is 3. The van der Waals surface area contributed by atoms with E-state index < -0.39 is 0 Å². The van der Waals surface area contributed by atoms with E-state index in [1.165, 1.54) is 24.8 Å². The fourth-order valence-electron chi connectivity index (χ4n) is 1.79. The smallest absolute Gasteiger partial charge is 0.153 e. The lowest BCUT2D eigenvalue weighted by Gasteiger charge is -1.95. The maximum Gasteiger partial charge on any atom is 0.153 e. The summed E-state index contributed by atoms with van der Waals surface area (Å²) in [5.41, 5.74) is 7.97. The zero-order valence-corrected chi connectivity index (χ0v) is 7.18. The molecule has 0 aromatic carbocycles. The predicted octanol–water partition coefficient (Wildman–Crippen LogP) is 1.40. The summed E-state index contributed by atoms with van der Waals surface area (Å²) in [5.74, 6) is 0.895. The average Bonchev–Trinajstić information content (AvgIpc) is 2.33. The molecule has 1 aliphatic rings. The van der Waals surface area contributed by atoms with Crippen LogP contribution in [0.1, 0.15) is 36.3 Å². The molecule has 0 aliphatic heterocycles. The Morgan fingerprint density at radius 3 is 2.92 bits per heavy atom. The molecule has 0 saturated carbocycles. The Kier molecular flexibility index (Phi) is 2.13. The van der Waals surface area contributed by atoms with Crippen LogP contribution in [0.3, 0.4) is 0 Å². The zero-order valence-electron chi connectivity index (χ0n) is 7.18.